The number of esters is 1. The van der Waals surface area contributed by atoms with Gasteiger partial charge in [-0.2, -0.15) is 4.72 Å². The molecule has 0 aromatic rings. The van der Waals surface area contributed by atoms with Gasteiger partial charge < -0.3 is 9.84 Å². The van der Waals surface area contributed by atoms with Crippen LogP contribution >= 0.6 is 0 Å². The van der Waals surface area contributed by atoms with E-state index in [1.165, 1.54) is 6.92 Å². The average Bonchev–Trinajstić information content (AvgIpc) is 2.98. The number of carboxylic acids is 1. The number of carbonyl (C=O) groups is 2. The minimum absolute atomic E-state index is 0.229. The van der Waals surface area contributed by atoms with E-state index in [-0.39, 0.29) is 5.92 Å². The molecule has 1 aliphatic rings. The molecule has 17 heavy (non-hydrogen) atoms. The fourth-order valence-corrected chi connectivity index (χ4v) is 2.94. The predicted molar refractivity (Wildman–Crippen MR) is 57.7 cm³/mol. The molecule has 1 atom stereocenters. The van der Waals surface area contributed by atoms with Crippen LogP contribution in [0.4, 0.5) is 0 Å². The van der Waals surface area contributed by atoms with Crippen molar-refractivity contribution in [2.24, 2.45) is 5.92 Å². The van der Waals surface area contributed by atoms with Gasteiger partial charge in [0.25, 0.3) is 0 Å². The van der Waals surface area contributed by atoms with Crippen molar-refractivity contribution >= 4 is 22.0 Å². The average molecular weight is 265 g/mol. The van der Waals surface area contributed by atoms with Crippen LogP contribution in [0.1, 0.15) is 19.8 Å². The summed E-state index contributed by atoms with van der Waals surface area (Å²) in [6, 6.07) is 0. The van der Waals surface area contributed by atoms with Crippen LogP contribution in [0.15, 0.2) is 0 Å². The predicted octanol–water partition coefficient (Wildman–Crippen LogP) is -0.668. The molecule has 98 valence electrons. The second-order valence-corrected chi connectivity index (χ2v) is 5.94. The molecule has 0 radical (unpaired) electrons. The number of rotatable bonds is 6. The summed E-state index contributed by atoms with van der Waals surface area (Å²) in [5, 5.41) is 9.05. The molecule has 1 rings (SSSR count). The van der Waals surface area contributed by atoms with Crippen molar-refractivity contribution in [3.05, 3.63) is 0 Å². The van der Waals surface area contributed by atoms with Gasteiger partial charge >= 0.3 is 11.9 Å². The zero-order chi connectivity index (χ0) is 13.3. The van der Waals surface area contributed by atoms with Crippen molar-refractivity contribution in [2.45, 2.75) is 25.3 Å². The summed E-state index contributed by atoms with van der Waals surface area (Å²) < 4.78 is 29.5. The Hall–Kier alpha value is -1.15. The highest BCUT2D eigenvalue weighted by Crippen LogP contribution is 2.40. The lowest BCUT2D eigenvalue weighted by Gasteiger charge is -2.25. The van der Waals surface area contributed by atoms with Gasteiger partial charge in [0.2, 0.25) is 10.0 Å². The van der Waals surface area contributed by atoms with E-state index in [4.69, 9.17) is 5.11 Å². The van der Waals surface area contributed by atoms with Crippen molar-refractivity contribution in [1.82, 2.24) is 4.72 Å². The van der Waals surface area contributed by atoms with Gasteiger partial charge in [0, 0.05) is 0 Å². The van der Waals surface area contributed by atoms with E-state index in [2.05, 4.69) is 9.46 Å². The van der Waals surface area contributed by atoms with Crippen LogP contribution in [-0.4, -0.2) is 43.9 Å². The first-order chi connectivity index (χ1) is 7.71. The summed E-state index contributed by atoms with van der Waals surface area (Å²) >= 11 is 0. The Kier molecular flexibility index (Phi) is 3.78. The molecule has 0 bridgehead atoms. The van der Waals surface area contributed by atoms with Gasteiger partial charge in [0.1, 0.15) is 5.54 Å². The molecule has 2 N–H and O–H groups in total. The number of methoxy groups -OCH3 is 1. The molecule has 0 aliphatic heterocycles. The van der Waals surface area contributed by atoms with Gasteiger partial charge in [-0.1, -0.05) is 0 Å². The molecule has 1 saturated carbocycles. The number of nitrogens with one attached hydrogen (secondary N) is 1. The second-order valence-electron chi connectivity index (χ2n) is 4.22. The van der Waals surface area contributed by atoms with Crippen LogP contribution in [0.5, 0.6) is 0 Å². The number of carbonyl (C=O) groups excluding carboxylic acids is 1. The molecule has 1 unspecified atom stereocenters. The third kappa shape index (κ3) is 3.40. The molecule has 0 amide bonds. The van der Waals surface area contributed by atoms with Crippen molar-refractivity contribution in [2.75, 3.05) is 12.9 Å². The minimum Gasteiger partial charge on any atom is -0.480 e. The quantitative estimate of drug-likeness (QED) is 0.616. The standard InChI is InChI=1S/C9H15NO6S/c1-9(8(12)13,6-3-4-6)10-17(14,15)5-7(11)16-2/h6,10H,3-5H2,1-2H3,(H,12,13). The monoisotopic (exact) mass is 265 g/mol. The number of hydrogen-bond acceptors (Lipinski definition) is 5. The Morgan fingerprint density at radius 2 is 2.00 bits per heavy atom. The molecule has 1 aliphatic carbocycles. The Bertz CT molecular complexity index is 427. The van der Waals surface area contributed by atoms with Crippen LogP contribution in [-0.2, 0) is 24.3 Å². The van der Waals surface area contributed by atoms with Crippen LogP contribution in [0.25, 0.3) is 0 Å². The van der Waals surface area contributed by atoms with E-state index in [1.54, 1.807) is 0 Å². The van der Waals surface area contributed by atoms with Crippen molar-refractivity contribution in [3.8, 4) is 0 Å². The molecule has 0 heterocycles. The number of hydrogen-bond donors (Lipinski definition) is 2. The van der Waals surface area contributed by atoms with Gasteiger partial charge in [0.05, 0.1) is 7.11 Å². The first kappa shape index (κ1) is 13.9. The van der Waals surface area contributed by atoms with Crippen molar-refractivity contribution in [1.29, 1.82) is 0 Å². The first-order valence-corrected chi connectivity index (χ1v) is 6.68. The smallest absolute Gasteiger partial charge is 0.324 e. The number of sulfonamides is 1. The highest BCUT2D eigenvalue weighted by molar-refractivity contribution is 7.90. The van der Waals surface area contributed by atoms with Gasteiger partial charge in [0.15, 0.2) is 5.75 Å². The second kappa shape index (κ2) is 4.61. The largest absolute Gasteiger partial charge is 0.480 e. The van der Waals surface area contributed by atoms with E-state index < -0.39 is 33.3 Å². The Labute approximate surface area is 99.2 Å². The van der Waals surface area contributed by atoms with E-state index in [9.17, 15) is 18.0 Å². The van der Waals surface area contributed by atoms with E-state index in [1.807, 2.05) is 0 Å². The van der Waals surface area contributed by atoms with Crippen LogP contribution in [0.2, 0.25) is 0 Å². The Morgan fingerprint density at radius 1 is 1.47 bits per heavy atom. The van der Waals surface area contributed by atoms with Crippen LogP contribution < -0.4 is 4.72 Å². The number of aliphatic carboxylic acids is 1. The zero-order valence-corrected chi connectivity index (χ0v) is 10.4. The third-order valence-electron chi connectivity index (χ3n) is 2.74. The lowest BCUT2D eigenvalue weighted by atomic mass is 9.98. The molecule has 7 nitrogen and oxygen atoms in total. The molecular formula is C9H15NO6S. The molecule has 1 fully saturated rings. The Morgan fingerprint density at radius 3 is 2.35 bits per heavy atom. The van der Waals surface area contributed by atoms with Gasteiger partial charge in [-0.3, -0.25) is 9.59 Å². The minimum atomic E-state index is -4.01. The lowest BCUT2D eigenvalue weighted by Crippen LogP contribution is -2.55. The first-order valence-electron chi connectivity index (χ1n) is 5.03. The normalized spacial score (nSPS) is 19.4. The molecule has 0 aromatic carbocycles. The molecule has 0 spiro atoms. The maximum atomic E-state index is 11.6. The summed E-state index contributed by atoms with van der Waals surface area (Å²) in [6.07, 6.45) is 1.31. The molecular weight excluding hydrogens is 250 g/mol. The lowest BCUT2D eigenvalue weighted by molar-refractivity contribution is -0.144. The van der Waals surface area contributed by atoms with E-state index in [0.29, 0.717) is 12.8 Å². The van der Waals surface area contributed by atoms with Gasteiger partial charge in [-0.05, 0) is 25.7 Å². The van der Waals surface area contributed by atoms with Crippen LogP contribution in [0, 0.1) is 5.92 Å². The third-order valence-corrected chi connectivity index (χ3v) is 4.09. The summed E-state index contributed by atoms with van der Waals surface area (Å²) in [7, 11) is -2.94. The van der Waals surface area contributed by atoms with Crippen molar-refractivity contribution < 1.29 is 27.9 Å². The fourth-order valence-electron chi connectivity index (χ4n) is 1.54. The van der Waals surface area contributed by atoms with Gasteiger partial charge in [-0.15, -0.1) is 0 Å². The highest BCUT2D eigenvalue weighted by Gasteiger charge is 2.50. The number of ether oxygens (including phenoxy) is 1. The maximum absolute atomic E-state index is 11.6. The SMILES string of the molecule is COC(=O)CS(=O)(=O)NC(C)(C(=O)O)C1CC1. The summed E-state index contributed by atoms with van der Waals surface area (Å²) in [4.78, 5) is 22.0. The summed E-state index contributed by atoms with van der Waals surface area (Å²) in [5.41, 5.74) is -1.55. The molecule has 8 heteroatoms. The van der Waals surface area contributed by atoms with E-state index in [0.717, 1.165) is 7.11 Å². The van der Waals surface area contributed by atoms with Crippen molar-refractivity contribution in [3.63, 3.8) is 0 Å². The molecule has 0 saturated heterocycles. The summed E-state index contributed by atoms with van der Waals surface area (Å²) in [6.45, 7) is 1.31. The fraction of sp³-hybridized carbons (Fsp3) is 0.778. The van der Waals surface area contributed by atoms with Crippen LogP contribution in [0.3, 0.4) is 0 Å². The number of carboxylic acid groups (broad SMARTS) is 1. The topological polar surface area (TPSA) is 110 Å². The van der Waals surface area contributed by atoms with E-state index >= 15 is 0 Å². The summed E-state index contributed by atoms with van der Waals surface area (Å²) in [5.74, 6) is -3.28. The Balaban J connectivity index is 2.80. The van der Waals surface area contributed by atoms with Gasteiger partial charge in [-0.25, -0.2) is 8.42 Å². The molecule has 0 aromatic heterocycles. The highest BCUT2D eigenvalue weighted by atomic mass is 32.2. The maximum Gasteiger partial charge on any atom is 0.324 e. The zero-order valence-electron chi connectivity index (χ0n) is 9.60.